The minimum Gasteiger partial charge on any atom is -0.496 e. The molecule has 1 aromatic rings. The molecule has 3 heteroatoms. The molecule has 0 heterocycles. The first-order valence-electron chi connectivity index (χ1n) is 3.72. The Bertz CT molecular complexity index is 257. The molecule has 0 aliphatic carbocycles. The van der Waals surface area contributed by atoms with Crippen molar-refractivity contribution in [2.24, 2.45) is 5.73 Å². The fraction of sp³-hybridized carbons (Fsp3) is 0.333. The predicted octanol–water partition coefficient (Wildman–Crippen LogP) is 2.22. The van der Waals surface area contributed by atoms with Gasteiger partial charge < -0.3 is 10.5 Å². The first-order chi connectivity index (χ1) is 5.70. The van der Waals surface area contributed by atoms with Gasteiger partial charge in [-0.25, -0.2) is 0 Å². The van der Waals surface area contributed by atoms with Crippen molar-refractivity contribution in [2.45, 2.75) is 13.5 Å². The van der Waals surface area contributed by atoms with Crippen molar-refractivity contribution in [1.82, 2.24) is 0 Å². The number of halogens is 1. The molecule has 0 aromatic heterocycles. The lowest BCUT2D eigenvalue weighted by molar-refractivity contribution is 0.411. The normalized spacial score (nSPS) is 10.0. The summed E-state index contributed by atoms with van der Waals surface area (Å²) >= 11 is 3.45. The van der Waals surface area contributed by atoms with E-state index in [-0.39, 0.29) is 0 Å². The van der Waals surface area contributed by atoms with Crippen LogP contribution in [0, 0.1) is 6.92 Å². The van der Waals surface area contributed by atoms with Crippen LogP contribution in [-0.2, 0) is 6.54 Å². The molecule has 1 aromatic carbocycles. The van der Waals surface area contributed by atoms with Gasteiger partial charge >= 0.3 is 0 Å². The van der Waals surface area contributed by atoms with Crippen molar-refractivity contribution < 1.29 is 4.74 Å². The summed E-state index contributed by atoms with van der Waals surface area (Å²) in [4.78, 5) is 0. The molecule has 0 saturated carbocycles. The van der Waals surface area contributed by atoms with Crippen LogP contribution in [0.1, 0.15) is 11.1 Å². The third kappa shape index (κ3) is 1.62. The second kappa shape index (κ2) is 3.92. The zero-order valence-electron chi connectivity index (χ0n) is 7.23. The number of hydrogen-bond donors (Lipinski definition) is 1. The highest BCUT2D eigenvalue weighted by Crippen LogP contribution is 2.29. The lowest BCUT2D eigenvalue weighted by Gasteiger charge is -2.09. The molecule has 0 amide bonds. The molecule has 0 bridgehead atoms. The Kier molecular flexibility index (Phi) is 3.12. The number of rotatable bonds is 2. The average molecular weight is 230 g/mol. The fourth-order valence-electron chi connectivity index (χ4n) is 1.08. The van der Waals surface area contributed by atoms with Gasteiger partial charge in [-0.2, -0.15) is 0 Å². The number of hydrogen-bond acceptors (Lipinski definition) is 2. The second-order valence-corrected chi connectivity index (χ2v) is 3.36. The van der Waals surface area contributed by atoms with Crippen LogP contribution in [0.5, 0.6) is 5.75 Å². The zero-order valence-corrected chi connectivity index (χ0v) is 8.81. The van der Waals surface area contributed by atoms with Gasteiger partial charge in [0.15, 0.2) is 0 Å². The molecule has 12 heavy (non-hydrogen) atoms. The molecular weight excluding hydrogens is 218 g/mol. The number of nitrogens with two attached hydrogens (primary N) is 1. The van der Waals surface area contributed by atoms with E-state index in [0.29, 0.717) is 6.54 Å². The Morgan fingerprint density at radius 3 is 2.67 bits per heavy atom. The Morgan fingerprint density at radius 1 is 1.50 bits per heavy atom. The van der Waals surface area contributed by atoms with Gasteiger partial charge in [0, 0.05) is 6.54 Å². The van der Waals surface area contributed by atoms with Crippen LogP contribution in [0.25, 0.3) is 0 Å². The van der Waals surface area contributed by atoms with Gasteiger partial charge in [0.1, 0.15) is 5.75 Å². The molecule has 0 atom stereocenters. The van der Waals surface area contributed by atoms with E-state index in [1.54, 1.807) is 7.11 Å². The summed E-state index contributed by atoms with van der Waals surface area (Å²) in [5, 5.41) is 0. The molecule has 0 spiro atoms. The van der Waals surface area contributed by atoms with Gasteiger partial charge in [-0.15, -0.1) is 0 Å². The summed E-state index contributed by atoms with van der Waals surface area (Å²) in [6.07, 6.45) is 0. The van der Waals surface area contributed by atoms with E-state index in [1.807, 2.05) is 19.1 Å². The van der Waals surface area contributed by atoms with E-state index in [1.165, 1.54) is 0 Å². The van der Waals surface area contributed by atoms with Gasteiger partial charge in [0.2, 0.25) is 0 Å². The first kappa shape index (κ1) is 9.55. The van der Waals surface area contributed by atoms with Crippen LogP contribution >= 0.6 is 15.9 Å². The topological polar surface area (TPSA) is 35.2 Å². The van der Waals surface area contributed by atoms with Crippen LogP contribution in [0.2, 0.25) is 0 Å². The second-order valence-electron chi connectivity index (χ2n) is 2.57. The Labute approximate surface area is 80.8 Å². The first-order valence-corrected chi connectivity index (χ1v) is 4.52. The van der Waals surface area contributed by atoms with Crippen LogP contribution in [0.4, 0.5) is 0 Å². The summed E-state index contributed by atoms with van der Waals surface area (Å²) in [5.74, 6) is 0.852. The molecule has 0 aliphatic rings. The van der Waals surface area contributed by atoms with Gasteiger partial charge in [-0.05, 0) is 40.0 Å². The van der Waals surface area contributed by atoms with E-state index < -0.39 is 0 Å². The number of benzene rings is 1. The van der Waals surface area contributed by atoms with Crippen molar-refractivity contribution >= 4 is 15.9 Å². The summed E-state index contributed by atoms with van der Waals surface area (Å²) < 4.78 is 6.13. The Hall–Kier alpha value is -0.540. The molecule has 2 N–H and O–H groups in total. The smallest absolute Gasteiger partial charge is 0.133 e. The number of ether oxygens (including phenoxy) is 1. The fourth-order valence-corrected chi connectivity index (χ4v) is 1.63. The molecular formula is C9H12BrNO. The molecule has 0 radical (unpaired) electrons. The van der Waals surface area contributed by atoms with Crippen LogP contribution < -0.4 is 10.5 Å². The maximum absolute atomic E-state index is 5.55. The summed E-state index contributed by atoms with van der Waals surface area (Å²) in [7, 11) is 1.65. The molecule has 0 unspecified atom stereocenters. The monoisotopic (exact) mass is 229 g/mol. The van der Waals surface area contributed by atoms with Crippen LogP contribution in [0.15, 0.2) is 16.6 Å². The zero-order chi connectivity index (χ0) is 9.14. The van der Waals surface area contributed by atoms with E-state index in [9.17, 15) is 0 Å². The summed E-state index contributed by atoms with van der Waals surface area (Å²) in [6, 6.07) is 3.90. The van der Waals surface area contributed by atoms with Crippen molar-refractivity contribution in [3.05, 3.63) is 27.7 Å². The van der Waals surface area contributed by atoms with Crippen molar-refractivity contribution in [3.8, 4) is 5.75 Å². The summed E-state index contributed by atoms with van der Waals surface area (Å²) in [6.45, 7) is 2.59. The highest BCUT2D eigenvalue weighted by molar-refractivity contribution is 9.10. The van der Waals surface area contributed by atoms with E-state index in [2.05, 4.69) is 15.9 Å². The standard InChI is InChI=1S/C9H12BrNO/c1-6-7(5-11)3-4-8(12-2)9(6)10/h3-4H,5,11H2,1-2H3. The van der Waals surface area contributed by atoms with Gasteiger partial charge in [0.05, 0.1) is 11.6 Å². The number of methoxy groups -OCH3 is 1. The quantitative estimate of drug-likeness (QED) is 0.845. The van der Waals surface area contributed by atoms with E-state index in [0.717, 1.165) is 21.3 Å². The van der Waals surface area contributed by atoms with Gasteiger partial charge in [-0.1, -0.05) is 6.07 Å². The van der Waals surface area contributed by atoms with Gasteiger partial charge in [-0.3, -0.25) is 0 Å². The Morgan fingerprint density at radius 2 is 2.17 bits per heavy atom. The minimum absolute atomic E-state index is 0.564. The SMILES string of the molecule is COc1ccc(CN)c(C)c1Br. The maximum Gasteiger partial charge on any atom is 0.133 e. The maximum atomic E-state index is 5.55. The third-order valence-corrected chi connectivity index (χ3v) is 2.89. The van der Waals surface area contributed by atoms with Crippen molar-refractivity contribution in [2.75, 3.05) is 7.11 Å². The largest absolute Gasteiger partial charge is 0.496 e. The highest BCUT2D eigenvalue weighted by atomic mass is 79.9. The predicted molar refractivity (Wildman–Crippen MR) is 53.3 cm³/mol. The van der Waals surface area contributed by atoms with Crippen molar-refractivity contribution in [3.63, 3.8) is 0 Å². The van der Waals surface area contributed by atoms with Crippen molar-refractivity contribution in [1.29, 1.82) is 0 Å². The van der Waals surface area contributed by atoms with Crippen LogP contribution in [-0.4, -0.2) is 7.11 Å². The molecule has 0 fully saturated rings. The highest BCUT2D eigenvalue weighted by Gasteiger charge is 2.05. The van der Waals surface area contributed by atoms with E-state index in [4.69, 9.17) is 10.5 Å². The third-order valence-electron chi connectivity index (χ3n) is 1.90. The minimum atomic E-state index is 0.564. The molecule has 0 saturated heterocycles. The lowest BCUT2D eigenvalue weighted by Crippen LogP contribution is -2.00. The average Bonchev–Trinajstić information content (AvgIpc) is 2.10. The summed E-state index contributed by atoms with van der Waals surface area (Å²) in [5.41, 5.74) is 7.84. The van der Waals surface area contributed by atoms with Crippen LogP contribution in [0.3, 0.4) is 0 Å². The molecule has 66 valence electrons. The Balaban J connectivity index is 3.20. The molecule has 1 rings (SSSR count). The van der Waals surface area contributed by atoms with E-state index >= 15 is 0 Å². The molecule has 0 aliphatic heterocycles. The van der Waals surface area contributed by atoms with Gasteiger partial charge in [0.25, 0.3) is 0 Å². The molecule has 2 nitrogen and oxygen atoms in total. The lowest BCUT2D eigenvalue weighted by atomic mass is 10.1.